The van der Waals surface area contributed by atoms with Crippen LogP contribution in [0.15, 0.2) is 28.7 Å². The van der Waals surface area contributed by atoms with Gasteiger partial charge in [-0.1, -0.05) is 28.1 Å². The molecule has 0 radical (unpaired) electrons. The van der Waals surface area contributed by atoms with Gasteiger partial charge in [0.1, 0.15) is 0 Å². The summed E-state index contributed by atoms with van der Waals surface area (Å²) in [5.41, 5.74) is 6.14. The standard InChI is InChI=1S/C8H10BrNO.ClH/c9-7-3-1-2-6(4-7)8(11)5-10;/h1-4,8,11H,5,10H2;1H. The van der Waals surface area contributed by atoms with Crippen LogP contribution in [0.25, 0.3) is 0 Å². The molecule has 0 saturated carbocycles. The van der Waals surface area contributed by atoms with Gasteiger partial charge in [0.2, 0.25) is 0 Å². The molecule has 3 N–H and O–H groups in total. The molecule has 0 saturated heterocycles. The van der Waals surface area contributed by atoms with Crippen LogP contribution in [0, 0.1) is 0 Å². The first kappa shape index (κ1) is 11.9. The summed E-state index contributed by atoms with van der Waals surface area (Å²) in [6.45, 7) is 0.260. The first-order valence-electron chi connectivity index (χ1n) is 3.37. The summed E-state index contributed by atoms with van der Waals surface area (Å²) in [5.74, 6) is 0. The number of rotatable bonds is 2. The van der Waals surface area contributed by atoms with E-state index in [9.17, 15) is 5.11 Å². The van der Waals surface area contributed by atoms with E-state index in [-0.39, 0.29) is 19.0 Å². The molecule has 1 rings (SSSR count). The summed E-state index contributed by atoms with van der Waals surface area (Å²) >= 11 is 3.31. The lowest BCUT2D eigenvalue weighted by molar-refractivity contribution is 0.186. The number of benzene rings is 1. The minimum atomic E-state index is -0.549. The molecule has 68 valence electrons. The highest BCUT2D eigenvalue weighted by Gasteiger charge is 2.03. The Bertz CT molecular complexity index is 244. The number of hydrogen-bond donors (Lipinski definition) is 2. The Morgan fingerprint density at radius 2 is 2.17 bits per heavy atom. The highest BCUT2D eigenvalue weighted by molar-refractivity contribution is 9.10. The Hall–Kier alpha value is -0.0900. The van der Waals surface area contributed by atoms with Crippen LogP contribution >= 0.6 is 28.3 Å². The van der Waals surface area contributed by atoms with Crippen molar-refractivity contribution < 1.29 is 5.11 Å². The van der Waals surface area contributed by atoms with Gasteiger partial charge in [0.05, 0.1) is 6.10 Å². The molecule has 1 aromatic rings. The molecule has 1 unspecified atom stereocenters. The van der Waals surface area contributed by atoms with Crippen molar-refractivity contribution in [3.63, 3.8) is 0 Å². The van der Waals surface area contributed by atoms with Crippen LogP contribution in [-0.2, 0) is 0 Å². The Labute approximate surface area is 86.3 Å². The van der Waals surface area contributed by atoms with Crippen molar-refractivity contribution in [3.8, 4) is 0 Å². The summed E-state index contributed by atoms with van der Waals surface area (Å²) in [5, 5.41) is 9.31. The summed E-state index contributed by atoms with van der Waals surface area (Å²) in [6.07, 6.45) is -0.549. The van der Waals surface area contributed by atoms with Gasteiger partial charge >= 0.3 is 0 Å². The summed E-state index contributed by atoms with van der Waals surface area (Å²) < 4.78 is 0.961. The third kappa shape index (κ3) is 3.11. The van der Waals surface area contributed by atoms with E-state index in [0.717, 1.165) is 10.0 Å². The predicted molar refractivity (Wildman–Crippen MR) is 55.4 cm³/mol. The summed E-state index contributed by atoms with van der Waals surface area (Å²) in [4.78, 5) is 0. The molecular formula is C8H11BrClNO. The van der Waals surface area contributed by atoms with Crippen molar-refractivity contribution in [3.05, 3.63) is 34.3 Å². The third-order valence-electron chi connectivity index (χ3n) is 1.46. The van der Waals surface area contributed by atoms with Crippen LogP contribution in [0.5, 0.6) is 0 Å². The topological polar surface area (TPSA) is 46.2 Å². The second kappa shape index (κ2) is 5.54. The van der Waals surface area contributed by atoms with Crippen LogP contribution in [0.3, 0.4) is 0 Å². The molecule has 0 bridgehead atoms. The van der Waals surface area contributed by atoms with Gasteiger partial charge in [-0.2, -0.15) is 0 Å². The number of aliphatic hydroxyl groups is 1. The third-order valence-corrected chi connectivity index (χ3v) is 1.95. The van der Waals surface area contributed by atoms with Gasteiger partial charge in [0.25, 0.3) is 0 Å². The minimum absolute atomic E-state index is 0. The smallest absolute Gasteiger partial charge is 0.0912 e. The fourth-order valence-electron chi connectivity index (χ4n) is 0.850. The summed E-state index contributed by atoms with van der Waals surface area (Å²) in [7, 11) is 0. The van der Waals surface area contributed by atoms with Gasteiger partial charge < -0.3 is 10.8 Å². The van der Waals surface area contributed by atoms with E-state index >= 15 is 0 Å². The van der Waals surface area contributed by atoms with Crippen LogP contribution < -0.4 is 5.73 Å². The van der Waals surface area contributed by atoms with Gasteiger partial charge in [-0.05, 0) is 17.7 Å². The molecule has 1 atom stereocenters. The molecule has 0 heterocycles. The van der Waals surface area contributed by atoms with Gasteiger partial charge in [0, 0.05) is 11.0 Å². The Morgan fingerprint density at radius 1 is 1.50 bits per heavy atom. The fraction of sp³-hybridized carbons (Fsp3) is 0.250. The van der Waals surface area contributed by atoms with E-state index in [2.05, 4.69) is 15.9 Å². The molecule has 1 aromatic carbocycles. The second-order valence-electron chi connectivity index (χ2n) is 2.31. The van der Waals surface area contributed by atoms with Gasteiger partial charge in [0.15, 0.2) is 0 Å². The number of halogens is 2. The lowest BCUT2D eigenvalue weighted by Crippen LogP contribution is -2.11. The normalized spacial score (nSPS) is 11.9. The van der Waals surface area contributed by atoms with Crippen molar-refractivity contribution in [1.82, 2.24) is 0 Å². The van der Waals surface area contributed by atoms with Crippen LogP contribution in [0.4, 0.5) is 0 Å². The molecule has 0 aromatic heterocycles. The van der Waals surface area contributed by atoms with Crippen molar-refractivity contribution >= 4 is 28.3 Å². The molecule has 0 amide bonds. The monoisotopic (exact) mass is 251 g/mol. The van der Waals surface area contributed by atoms with Crippen molar-refractivity contribution in [1.29, 1.82) is 0 Å². The average Bonchev–Trinajstić information content (AvgIpc) is 2.03. The lowest BCUT2D eigenvalue weighted by atomic mass is 10.1. The maximum absolute atomic E-state index is 9.31. The largest absolute Gasteiger partial charge is 0.387 e. The molecule has 4 heteroatoms. The SMILES string of the molecule is Cl.NCC(O)c1cccc(Br)c1. The van der Waals surface area contributed by atoms with Gasteiger partial charge in [-0.3, -0.25) is 0 Å². The maximum Gasteiger partial charge on any atom is 0.0912 e. The Morgan fingerprint density at radius 3 is 2.67 bits per heavy atom. The van der Waals surface area contributed by atoms with Crippen LogP contribution in [-0.4, -0.2) is 11.7 Å². The first-order valence-corrected chi connectivity index (χ1v) is 4.17. The number of hydrogen-bond acceptors (Lipinski definition) is 2. The first-order chi connectivity index (χ1) is 5.24. The number of nitrogens with two attached hydrogens (primary N) is 1. The van der Waals surface area contributed by atoms with E-state index in [1.807, 2.05) is 24.3 Å². The molecular weight excluding hydrogens is 241 g/mol. The average molecular weight is 253 g/mol. The second-order valence-corrected chi connectivity index (χ2v) is 3.22. The highest BCUT2D eigenvalue weighted by atomic mass is 79.9. The minimum Gasteiger partial charge on any atom is -0.387 e. The molecule has 2 nitrogen and oxygen atoms in total. The molecule has 0 aliphatic rings. The van der Waals surface area contributed by atoms with E-state index in [1.54, 1.807) is 0 Å². The maximum atomic E-state index is 9.31. The van der Waals surface area contributed by atoms with E-state index in [4.69, 9.17) is 5.73 Å². The van der Waals surface area contributed by atoms with E-state index in [0.29, 0.717) is 0 Å². The predicted octanol–water partition coefficient (Wildman–Crippen LogP) is 1.86. The molecule has 0 fully saturated rings. The zero-order valence-corrected chi connectivity index (χ0v) is 8.81. The molecule has 12 heavy (non-hydrogen) atoms. The van der Waals surface area contributed by atoms with Crippen LogP contribution in [0.2, 0.25) is 0 Å². The van der Waals surface area contributed by atoms with Gasteiger partial charge in [-0.15, -0.1) is 12.4 Å². The van der Waals surface area contributed by atoms with E-state index < -0.39 is 6.10 Å². The zero-order chi connectivity index (χ0) is 8.27. The Kier molecular flexibility index (Phi) is 5.50. The lowest BCUT2D eigenvalue weighted by Gasteiger charge is -2.07. The highest BCUT2D eigenvalue weighted by Crippen LogP contribution is 2.16. The number of aliphatic hydroxyl groups excluding tert-OH is 1. The quantitative estimate of drug-likeness (QED) is 0.844. The molecule has 0 aliphatic heterocycles. The van der Waals surface area contributed by atoms with Crippen LogP contribution in [0.1, 0.15) is 11.7 Å². The van der Waals surface area contributed by atoms with Gasteiger partial charge in [-0.25, -0.2) is 0 Å². The molecule has 0 spiro atoms. The van der Waals surface area contributed by atoms with Crippen molar-refractivity contribution in [2.24, 2.45) is 5.73 Å². The van der Waals surface area contributed by atoms with Crippen molar-refractivity contribution in [2.75, 3.05) is 6.54 Å². The zero-order valence-electron chi connectivity index (χ0n) is 6.40. The summed E-state index contributed by atoms with van der Waals surface area (Å²) in [6, 6.07) is 7.49. The fourth-order valence-corrected chi connectivity index (χ4v) is 1.27. The molecule has 0 aliphatic carbocycles. The Balaban J connectivity index is 0.00000121. The van der Waals surface area contributed by atoms with E-state index in [1.165, 1.54) is 0 Å². The van der Waals surface area contributed by atoms with Crippen molar-refractivity contribution in [2.45, 2.75) is 6.10 Å².